The van der Waals surface area contributed by atoms with Crippen molar-refractivity contribution in [3.8, 4) is 0 Å². The number of carboxylic acid groups (broad SMARTS) is 1. The normalized spacial score (nSPS) is 10.6. The van der Waals surface area contributed by atoms with Crippen molar-refractivity contribution in [1.82, 2.24) is 4.98 Å². The number of halogens is 3. The molecule has 0 saturated heterocycles. The van der Waals surface area contributed by atoms with Crippen LogP contribution in [0.2, 0.25) is 0 Å². The SMILES string of the molecule is Cc1c(C(=O)O)cnc(C(F)F)c1Br. The Labute approximate surface area is 86.9 Å². The minimum atomic E-state index is -2.72. The second kappa shape index (κ2) is 4.00. The Bertz CT molecular complexity index is 382. The van der Waals surface area contributed by atoms with Gasteiger partial charge < -0.3 is 5.11 Å². The molecule has 76 valence electrons. The molecule has 0 amide bonds. The summed E-state index contributed by atoms with van der Waals surface area (Å²) in [6.45, 7) is 1.45. The number of rotatable bonds is 2. The molecule has 0 unspecified atom stereocenters. The van der Waals surface area contributed by atoms with Crippen LogP contribution in [-0.2, 0) is 0 Å². The Morgan fingerprint density at radius 2 is 2.21 bits per heavy atom. The van der Waals surface area contributed by atoms with Crippen molar-refractivity contribution < 1.29 is 18.7 Å². The zero-order valence-electron chi connectivity index (χ0n) is 7.09. The van der Waals surface area contributed by atoms with Crippen molar-refractivity contribution in [2.24, 2.45) is 0 Å². The fraction of sp³-hybridized carbons (Fsp3) is 0.250. The van der Waals surface area contributed by atoms with Crippen molar-refractivity contribution in [3.63, 3.8) is 0 Å². The van der Waals surface area contributed by atoms with Crippen molar-refractivity contribution in [1.29, 1.82) is 0 Å². The molecule has 1 aromatic heterocycles. The summed E-state index contributed by atoms with van der Waals surface area (Å²) in [6, 6.07) is 0. The van der Waals surface area contributed by atoms with E-state index >= 15 is 0 Å². The zero-order valence-corrected chi connectivity index (χ0v) is 8.68. The summed E-state index contributed by atoms with van der Waals surface area (Å²) in [5.41, 5.74) is -0.267. The lowest BCUT2D eigenvalue weighted by Gasteiger charge is -2.07. The fourth-order valence-corrected chi connectivity index (χ4v) is 1.45. The summed E-state index contributed by atoms with van der Waals surface area (Å²) in [4.78, 5) is 14.0. The number of nitrogens with zero attached hydrogens (tertiary/aromatic N) is 1. The molecule has 0 aliphatic heterocycles. The van der Waals surface area contributed by atoms with Crippen molar-refractivity contribution in [2.75, 3.05) is 0 Å². The third kappa shape index (κ3) is 1.89. The first-order valence-corrected chi connectivity index (χ1v) is 4.41. The van der Waals surface area contributed by atoms with Crippen LogP contribution in [0.3, 0.4) is 0 Å². The molecule has 1 N–H and O–H groups in total. The number of carbonyl (C=O) groups is 1. The van der Waals surface area contributed by atoms with Crippen LogP contribution in [0.15, 0.2) is 10.7 Å². The average Bonchev–Trinajstić information content (AvgIpc) is 2.08. The summed E-state index contributed by atoms with van der Waals surface area (Å²) in [5.74, 6) is -1.18. The van der Waals surface area contributed by atoms with E-state index in [0.717, 1.165) is 6.20 Å². The van der Waals surface area contributed by atoms with Gasteiger partial charge >= 0.3 is 5.97 Å². The quantitative estimate of drug-likeness (QED) is 0.895. The average molecular weight is 266 g/mol. The Morgan fingerprint density at radius 3 is 2.64 bits per heavy atom. The van der Waals surface area contributed by atoms with E-state index in [1.165, 1.54) is 6.92 Å². The molecular formula is C8H6BrF2NO2. The summed E-state index contributed by atoms with van der Waals surface area (Å²) < 4.78 is 24.7. The van der Waals surface area contributed by atoms with Crippen LogP contribution in [0, 0.1) is 6.92 Å². The second-order valence-electron chi connectivity index (χ2n) is 2.60. The maximum Gasteiger partial charge on any atom is 0.337 e. The Kier molecular flexibility index (Phi) is 3.15. The molecule has 0 saturated carbocycles. The molecular weight excluding hydrogens is 260 g/mol. The van der Waals surface area contributed by atoms with Crippen LogP contribution in [0.4, 0.5) is 8.78 Å². The number of carboxylic acids is 1. The van der Waals surface area contributed by atoms with Gasteiger partial charge in [0.2, 0.25) is 0 Å². The molecule has 1 rings (SSSR count). The van der Waals surface area contributed by atoms with Gasteiger partial charge in [0, 0.05) is 10.7 Å². The van der Waals surface area contributed by atoms with Gasteiger partial charge in [-0.2, -0.15) is 0 Å². The van der Waals surface area contributed by atoms with Gasteiger partial charge in [-0.15, -0.1) is 0 Å². The van der Waals surface area contributed by atoms with E-state index in [-0.39, 0.29) is 15.6 Å². The molecule has 14 heavy (non-hydrogen) atoms. The highest BCUT2D eigenvalue weighted by molar-refractivity contribution is 9.10. The molecule has 0 spiro atoms. The highest BCUT2D eigenvalue weighted by atomic mass is 79.9. The lowest BCUT2D eigenvalue weighted by atomic mass is 10.1. The van der Waals surface area contributed by atoms with Crippen LogP contribution < -0.4 is 0 Å². The van der Waals surface area contributed by atoms with Gasteiger partial charge in [0.25, 0.3) is 6.43 Å². The molecule has 0 fully saturated rings. The summed E-state index contributed by atoms with van der Waals surface area (Å²) in [7, 11) is 0. The van der Waals surface area contributed by atoms with Gasteiger partial charge in [0.15, 0.2) is 0 Å². The van der Waals surface area contributed by atoms with E-state index in [9.17, 15) is 13.6 Å². The number of pyridine rings is 1. The number of aromatic nitrogens is 1. The Morgan fingerprint density at radius 1 is 1.64 bits per heavy atom. The van der Waals surface area contributed by atoms with E-state index in [1.54, 1.807) is 0 Å². The minimum Gasteiger partial charge on any atom is -0.478 e. The highest BCUT2D eigenvalue weighted by Gasteiger charge is 2.19. The molecule has 1 heterocycles. The number of hydrogen-bond acceptors (Lipinski definition) is 2. The standard InChI is InChI=1S/C8H6BrF2NO2/c1-3-4(8(13)14)2-12-6(5(3)9)7(10)11/h2,7H,1H3,(H,13,14). The van der Waals surface area contributed by atoms with E-state index in [2.05, 4.69) is 20.9 Å². The van der Waals surface area contributed by atoms with Crippen molar-refractivity contribution in [2.45, 2.75) is 13.3 Å². The van der Waals surface area contributed by atoms with Crippen molar-refractivity contribution >= 4 is 21.9 Å². The highest BCUT2D eigenvalue weighted by Crippen LogP contribution is 2.29. The lowest BCUT2D eigenvalue weighted by Crippen LogP contribution is -2.04. The zero-order chi connectivity index (χ0) is 10.9. The molecule has 0 bridgehead atoms. The Balaban J connectivity index is 3.33. The molecule has 0 aromatic carbocycles. The number of hydrogen-bond donors (Lipinski definition) is 1. The van der Waals surface area contributed by atoms with E-state index in [1.807, 2.05) is 0 Å². The Hall–Kier alpha value is -1.04. The molecule has 0 atom stereocenters. The number of alkyl halides is 2. The molecule has 1 aromatic rings. The molecule has 0 radical (unpaired) electrons. The summed E-state index contributed by atoms with van der Waals surface area (Å²) in [5, 5.41) is 8.67. The number of aromatic carboxylic acids is 1. The van der Waals surface area contributed by atoms with E-state index in [0.29, 0.717) is 0 Å². The third-order valence-electron chi connectivity index (χ3n) is 1.73. The van der Waals surface area contributed by atoms with Crippen LogP contribution >= 0.6 is 15.9 Å². The van der Waals surface area contributed by atoms with Crippen LogP contribution in [-0.4, -0.2) is 16.1 Å². The summed E-state index contributed by atoms with van der Waals surface area (Å²) in [6.07, 6.45) is -1.78. The van der Waals surface area contributed by atoms with E-state index < -0.39 is 18.1 Å². The van der Waals surface area contributed by atoms with Gasteiger partial charge in [0.1, 0.15) is 5.69 Å². The predicted octanol–water partition coefficient (Wildman–Crippen LogP) is 2.79. The molecule has 6 heteroatoms. The first-order chi connectivity index (χ1) is 6.45. The minimum absolute atomic E-state index is 0.0485. The van der Waals surface area contributed by atoms with E-state index in [4.69, 9.17) is 5.11 Å². The van der Waals surface area contributed by atoms with Gasteiger partial charge in [-0.3, -0.25) is 4.98 Å². The topological polar surface area (TPSA) is 50.2 Å². The van der Waals surface area contributed by atoms with Crippen LogP contribution in [0.1, 0.15) is 28.0 Å². The first-order valence-electron chi connectivity index (χ1n) is 3.61. The molecule has 0 aliphatic rings. The lowest BCUT2D eigenvalue weighted by molar-refractivity contribution is 0.0694. The van der Waals surface area contributed by atoms with Gasteiger partial charge in [-0.1, -0.05) is 0 Å². The fourth-order valence-electron chi connectivity index (χ4n) is 0.966. The maximum atomic E-state index is 12.3. The summed E-state index contributed by atoms with van der Waals surface area (Å²) >= 11 is 2.89. The van der Waals surface area contributed by atoms with Gasteiger partial charge in [-0.25, -0.2) is 13.6 Å². The monoisotopic (exact) mass is 265 g/mol. The largest absolute Gasteiger partial charge is 0.478 e. The smallest absolute Gasteiger partial charge is 0.337 e. The van der Waals surface area contributed by atoms with Gasteiger partial charge in [0.05, 0.1) is 5.56 Å². The maximum absolute atomic E-state index is 12.3. The second-order valence-corrected chi connectivity index (χ2v) is 3.39. The van der Waals surface area contributed by atoms with Gasteiger partial charge in [-0.05, 0) is 28.4 Å². The molecule has 0 aliphatic carbocycles. The van der Waals surface area contributed by atoms with Crippen LogP contribution in [0.25, 0.3) is 0 Å². The van der Waals surface area contributed by atoms with Crippen molar-refractivity contribution in [3.05, 3.63) is 27.5 Å². The van der Waals surface area contributed by atoms with Crippen LogP contribution in [0.5, 0.6) is 0 Å². The third-order valence-corrected chi connectivity index (χ3v) is 2.73. The predicted molar refractivity (Wildman–Crippen MR) is 48.6 cm³/mol. The first kappa shape index (κ1) is 11.0. The molecule has 3 nitrogen and oxygen atoms in total.